The highest BCUT2D eigenvalue weighted by Gasteiger charge is 2.28. The van der Waals surface area contributed by atoms with Crippen molar-refractivity contribution >= 4 is 0 Å². The van der Waals surface area contributed by atoms with Crippen LogP contribution in [0.5, 0.6) is 0 Å². The molecule has 82 valence electrons. The fourth-order valence-electron chi connectivity index (χ4n) is 1.86. The van der Waals surface area contributed by atoms with Gasteiger partial charge in [-0.15, -0.1) is 0 Å². The quantitative estimate of drug-likeness (QED) is 0.817. The molecule has 1 aromatic carbocycles. The molecule has 0 radical (unpaired) electrons. The number of rotatable bonds is 3. The van der Waals surface area contributed by atoms with Crippen LogP contribution in [0.2, 0.25) is 0 Å². The third-order valence-electron chi connectivity index (χ3n) is 3.04. The molecule has 0 bridgehead atoms. The Morgan fingerprint density at radius 1 is 1.33 bits per heavy atom. The van der Waals surface area contributed by atoms with Gasteiger partial charge in [-0.2, -0.15) is 0 Å². The molecule has 2 heteroatoms. The van der Waals surface area contributed by atoms with E-state index in [2.05, 4.69) is 43.4 Å². The fraction of sp³-hybridized carbons (Fsp3) is 0.538. The van der Waals surface area contributed by atoms with Crippen molar-refractivity contribution in [3.8, 4) is 0 Å². The maximum atomic E-state index is 5.95. The Hall–Kier alpha value is -0.860. The Kier molecular flexibility index (Phi) is 3.08. The molecule has 1 fully saturated rings. The van der Waals surface area contributed by atoms with Crippen LogP contribution in [0.4, 0.5) is 0 Å². The van der Waals surface area contributed by atoms with E-state index < -0.39 is 0 Å². The van der Waals surface area contributed by atoms with Crippen LogP contribution in [0, 0.1) is 6.92 Å². The molecule has 1 saturated heterocycles. The van der Waals surface area contributed by atoms with Crippen molar-refractivity contribution in [1.82, 2.24) is 5.32 Å². The van der Waals surface area contributed by atoms with E-state index in [0.717, 1.165) is 26.1 Å². The van der Waals surface area contributed by atoms with Crippen LogP contribution in [0.3, 0.4) is 0 Å². The number of hydrogen-bond donors (Lipinski definition) is 1. The molecule has 0 aliphatic carbocycles. The third kappa shape index (κ3) is 2.80. The molecule has 1 heterocycles. The van der Waals surface area contributed by atoms with Gasteiger partial charge in [0.25, 0.3) is 0 Å². The predicted octanol–water partition coefficient (Wildman–Crippen LogP) is 2.26. The lowest BCUT2D eigenvalue weighted by Gasteiger charge is -2.23. The molecule has 1 aliphatic heterocycles. The maximum absolute atomic E-state index is 5.95. The van der Waals surface area contributed by atoms with E-state index in [1.165, 1.54) is 11.1 Å². The van der Waals surface area contributed by atoms with Crippen molar-refractivity contribution < 1.29 is 4.74 Å². The first-order valence-electron chi connectivity index (χ1n) is 5.58. The first-order valence-corrected chi connectivity index (χ1v) is 5.58. The summed E-state index contributed by atoms with van der Waals surface area (Å²) in [6.45, 7) is 7.05. The highest BCUT2D eigenvalue weighted by atomic mass is 16.5. The molecular formula is C13H19NO. The predicted molar refractivity (Wildman–Crippen MR) is 61.9 cm³/mol. The zero-order valence-corrected chi connectivity index (χ0v) is 9.55. The van der Waals surface area contributed by atoms with Gasteiger partial charge in [-0.1, -0.05) is 29.8 Å². The van der Waals surface area contributed by atoms with Gasteiger partial charge in [0.05, 0.1) is 12.2 Å². The summed E-state index contributed by atoms with van der Waals surface area (Å²) in [6.07, 6.45) is 1.11. The Morgan fingerprint density at radius 2 is 2.07 bits per heavy atom. The van der Waals surface area contributed by atoms with Crippen molar-refractivity contribution in [1.29, 1.82) is 0 Å². The SMILES string of the molecule is Cc1ccc(COC2(C)CCNC2)cc1. The molecule has 0 aromatic heterocycles. The normalized spacial score (nSPS) is 25.7. The van der Waals surface area contributed by atoms with Gasteiger partial charge >= 0.3 is 0 Å². The average molecular weight is 205 g/mol. The Bertz CT molecular complexity index is 312. The molecule has 1 aliphatic rings. The average Bonchev–Trinajstić information content (AvgIpc) is 2.65. The summed E-state index contributed by atoms with van der Waals surface area (Å²) in [6, 6.07) is 8.55. The van der Waals surface area contributed by atoms with Gasteiger partial charge in [-0.05, 0) is 32.4 Å². The molecule has 0 saturated carbocycles. The zero-order valence-electron chi connectivity index (χ0n) is 9.55. The van der Waals surface area contributed by atoms with E-state index in [1.54, 1.807) is 0 Å². The lowest BCUT2D eigenvalue weighted by molar-refractivity contribution is -0.0278. The second kappa shape index (κ2) is 4.33. The van der Waals surface area contributed by atoms with Crippen molar-refractivity contribution in [2.24, 2.45) is 0 Å². The second-order valence-electron chi connectivity index (χ2n) is 4.65. The van der Waals surface area contributed by atoms with Gasteiger partial charge in [-0.3, -0.25) is 0 Å². The Labute approximate surface area is 91.6 Å². The number of nitrogens with one attached hydrogen (secondary N) is 1. The summed E-state index contributed by atoms with van der Waals surface area (Å²) in [5.41, 5.74) is 2.59. The molecule has 15 heavy (non-hydrogen) atoms. The summed E-state index contributed by atoms with van der Waals surface area (Å²) in [5, 5.41) is 3.33. The molecule has 1 atom stereocenters. The number of aryl methyl sites for hydroxylation is 1. The van der Waals surface area contributed by atoms with E-state index >= 15 is 0 Å². The lowest BCUT2D eigenvalue weighted by atomic mass is 10.1. The fourth-order valence-corrected chi connectivity index (χ4v) is 1.86. The van der Waals surface area contributed by atoms with E-state index in [1.807, 2.05) is 0 Å². The van der Waals surface area contributed by atoms with E-state index in [9.17, 15) is 0 Å². The van der Waals surface area contributed by atoms with Crippen LogP contribution in [0.15, 0.2) is 24.3 Å². The van der Waals surface area contributed by atoms with E-state index in [0.29, 0.717) is 0 Å². The molecule has 1 unspecified atom stereocenters. The minimum absolute atomic E-state index is 0.0326. The molecule has 2 nitrogen and oxygen atoms in total. The monoisotopic (exact) mass is 205 g/mol. The minimum atomic E-state index is 0.0326. The third-order valence-corrected chi connectivity index (χ3v) is 3.04. The summed E-state index contributed by atoms with van der Waals surface area (Å²) in [5.74, 6) is 0. The number of benzene rings is 1. The first-order chi connectivity index (χ1) is 7.18. The second-order valence-corrected chi connectivity index (χ2v) is 4.65. The van der Waals surface area contributed by atoms with Gasteiger partial charge in [0, 0.05) is 6.54 Å². The van der Waals surface area contributed by atoms with Gasteiger partial charge in [0.15, 0.2) is 0 Å². The Morgan fingerprint density at radius 3 is 2.67 bits per heavy atom. The Balaban J connectivity index is 1.90. The van der Waals surface area contributed by atoms with Gasteiger partial charge in [-0.25, -0.2) is 0 Å². The molecular weight excluding hydrogens is 186 g/mol. The first kappa shape index (κ1) is 10.7. The molecule has 1 aromatic rings. The van der Waals surface area contributed by atoms with Crippen molar-refractivity contribution in [3.63, 3.8) is 0 Å². The topological polar surface area (TPSA) is 21.3 Å². The lowest BCUT2D eigenvalue weighted by Crippen LogP contribution is -2.30. The van der Waals surface area contributed by atoms with Crippen molar-refractivity contribution in [2.75, 3.05) is 13.1 Å². The van der Waals surface area contributed by atoms with Crippen molar-refractivity contribution in [3.05, 3.63) is 35.4 Å². The highest BCUT2D eigenvalue weighted by molar-refractivity contribution is 5.20. The smallest absolute Gasteiger partial charge is 0.0794 e. The van der Waals surface area contributed by atoms with Crippen LogP contribution in [-0.2, 0) is 11.3 Å². The summed E-state index contributed by atoms with van der Waals surface area (Å²) in [7, 11) is 0. The zero-order chi connectivity index (χ0) is 10.7. The maximum Gasteiger partial charge on any atom is 0.0794 e. The minimum Gasteiger partial charge on any atom is -0.369 e. The number of hydrogen-bond acceptors (Lipinski definition) is 2. The van der Waals surface area contributed by atoms with Crippen LogP contribution < -0.4 is 5.32 Å². The molecule has 0 spiro atoms. The van der Waals surface area contributed by atoms with E-state index in [-0.39, 0.29) is 5.60 Å². The number of ether oxygens (including phenoxy) is 1. The van der Waals surface area contributed by atoms with Crippen LogP contribution in [0.25, 0.3) is 0 Å². The van der Waals surface area contributed by atoms with Crippen molar-refractivity contribution in [2.45, 2.75) is 32.5 Å². The molecule has 0 amide bonds. The highest BCUT2D eigenvalue weighted by Crippen LogP contribution is 2.20. The molecule has 1 N–H and O–H groups in total. The summed E-state index contributed by atoms with van der Waals surface area (Å²) < 4.78 is 5.95. The summed E-state index contributed by atoms with van der Waals surface area (Å²) >= 11 is 0. The van der Waals surface area contributed by atoms with Crippen LogP contribution >= 0.6 is 0 Å². The van der Waals surface area contributed by atoms with Crippen LogP contribution in [0.1, 0.15) is 24.5 Å². The van der Waals surface area contributed by atoms with Gasteiger partial charge < -0.3 is 10.1 Å². The standard InChI is InChI=1S/C13H19NO/c1-11-3-5-12(6-4-11)9-15-13(2)7-8-14-10-13/h3-6,14H,7-10H2,1-2H3. The van der Waals surface area contributed by atoms with Gasteiger partial charge in [0.1, 0.15) is 0 Å². The van der Waals surface area contributed by atoms with Gasteiger partial charge in [0.2, 0.25) is 0 Å². The largest absolute Gasteiger partial charge is 0.369 e. The summed E-state index contributed by atoms with van der Waals surface area (Å²) in [4.78, 5) is 0. The van der Waals surface area contributed by atoms with Crippen LogP contribution in [-0.4, -0.2) is 18.7 Å². The van der Waals surface area contributed by atoms with E-state index in [4.69, 9.17) is 4.74 Å². The molecule has 2 rings (SSSR count).